The van der Waals surface area contributed by atoms with Gasteiger partial charge in [0.05, 0.1) is 11.3 Å². The van der Waals surface area contributed by atoms with Crippen molar-refractivity contribution >= 4 is 29.3 Å². The predicted octanol–water partition coefficient (Wildman–Crippen LogP) is 5.14. The number of benzene rings is 3. The zero-order valence-corrected chi connectivity index (χ0v) is 17.9. The molecule has 0 spiro atoms. The standard InChI is InChI=1S/C23H18ClFN4OS/c24-17-12-10-16(11-13-17)14-26-21(30)15-31-23-28-27-22(19-8-4-5-9-20(19)25)29(23)18-6-2-1-3-7-18/h1-13H,14-15H2,(H,26,30). The highest BCUT2D eigenvalue weighted by molar-refractivity contribution is 7.99. The maximum absolute atomic E-state index is 14.4. The van der Waals surface area contributed by atoms with Crippen LogP contribution in [0.25, 0.3) is 17.1 Å². The van der Waals surface area contributed by atoms with Crippen molar-refractivity contribution in [3.63, 3.8) is 0 Å². The van der Waals surface area contributed by atoms with Gasteiger partial charge in [0, 0.05) is 17.3 Å². The van der Waals surface area contributed by atoms with Gasteiger partial charge in [-0.05, 0) is 42.0 Å². The van der Waals surface area contributed by atoms with Gasteiger partial charge < -0.3 is 5.32 Å². The summed E-state index contributed by atoms with van der Waals surface area (Å²) in [6.45, 7) is 0.405. The summed E-state index contributed by atoms with van der Waals surface area (Å²) in [4.78, 5) is 12.4. The average molecular weight is 453 g/mol. The Morgan fingerprint density at radius 2 is 1.68 bits per heavy atom. The van der Waals surface area contributed by atoms with E-state index in [1.54, 1.807) is 34.9 Å². The van der Waals surface area contributed by atoms with Gasteiger partial charge in [-0.1, -0.05) is 65.8 Å². The monoisotopic (exact) mass is 452 g/mol. The van der Waals surface area contributed by atoms with Crippen LogP contribution in [0.1, 0.15) is 5.56 Å². The molecule has 0 saturated heterocycles. The molecule has 0 fully saturated rings. The van der Waals surface area contributed by atoms with Crippen LogP contribution in [0.5, 0.6) is 0 Å². The SMILES string of the molecule is O=C(CSc1nnc(-c2ccccc2F)n1-c1ccccc1)NCc1ccc(Cl)cc1. The molecule has 1 N–H and O–H groups in total. The van der Waals surface area contributed by atoms with E-state index in [0.717, 1.165) is 11.3 Å². The van der Waals surface area contributed by atoms with E-state index in [9.17, 15) is 9.18 Å². The van der Waals surface area contributed by atoms with Crippen LogP contribution in [0.3, 0.4) is 0 Å². The number of rotatable bonds is 7. The van der Waals surface area contributed by atoms with Gasteiger partial charge in [-0.15, -0.1) is 10.2 Å². The number of nitrogens with zero attached hydrogens (tertiary/aromatic N) is 3. The lowest BCUT2D eigenvalue weighted by Crippen LogP contribution is -2.24. The Morgan fingerprint density at radius 1 is 0.968 bits per heavy atom. The van der Waals surface area contributed by atoms with E-state index >= 15 is 0 Å². The van der Waals surface area contributed by atoms with Crippen molar-refractivity contribution in [2.75, 3.05) is 5.75 Å². The zero-order valence-electron chi connectivity index (χ0n) is 16.3. The minimum absolute atomic E-state index is 0.144. The van der Waals surface area contributed by atoms with E-state index in [1.165, 1.54) is 17.8 Å². The summed E-state index contributed by atoms with van der Waals surface area (Å²) in [6, 6.07) is 23.1. The number of carbonyl (C=O) groups is 1. The molecular formula is C23H18ClFN4OS. The highest BCUT2D eigenvalue weighted by atomic mass is 35.5. The van der Waals surface area contributed by atoms with Crippen LogP contribution in [0.15, 0.2) is 84.0 Å². The summed E-state index contributed by atoms with van der Waals surface area (Å²) in [6.07, 6.45) is 0. The van der Waals surface area contributed by atoms with Gasteiger partial charge in [0.25, 0.3) is 0 Å². The van der Waals surface area contributed by atoms with Crippen molar-refractivity contribution in [3.8, 4) is 17.1 Å². The number of thioether (sulfide) groups is 1. The number of halogens is 2. The molecule has 0 radical (unpaired) electrons. The van der Waals surface area contributed by atoms with Crippen molar-refractivity contribution in [3.05, 3.63) is 95.3 Å². The molecular weight excluding hydrogens is 435 g/mol. The lowest BCUT2D eigenvalue weighted by Gasteiger charge is -2.11. The van der Waals surface area contributed by atoms with E-state index in [1.807, 2.05) is 42.5 Å². The fourth-order valence-corrected chi connectivity index (χ4v) is 3.88. The second-order valence-corrected chi connectivity index (χ2v) is 8.03. The summed E-state index contributed by atoms with van der Waals surface area (Å²) in [7, 11) is 0. The molecule has 0 unspecified atom stereocenters. The Kier molecular flexibility index (Phi) is 6.64. The molecule has 0 aliphatic heterocycles. The molecule has 0 aliphatic rings. The van der Waals surface area contributed by atoms with E-state index in [-0.39, 0.29) is 17.5 Å². The molecule has 4 aromatic rings. The third-order valence-corrected chi connectivity index (χ3v) is 5.68. The summed E-state index contributed by atoms with van der Waals surface area (Å²) in [5, 5.41) is 12.5. The van der Waals surface area contributed by atoms with Crippen LogP contribution in [-0.4, -0.2) is 26.4 Å². The summed E-state index contributed by atoms with van der Waals surface area (Å²) in [5.74, 6) is 0.00300. The molecule has 1 amide bonds. The van der Waals surface area contributed by atoms with Gasteiger partial charge in [-0.25, -0.2) is 4.39 Å². The van der Waals surface area contributed by atoms with E-state index in [0.29, 0.717) is 28.1 Å². The number of amides is 1. The number of aromatic nitrogens is 3. The molecule has 156 valence electrons. The number of para-hydroxylation sites is 1. The van der Waals surface area contributed by atoms with Crippen LogP contribution in [0, 0.1) is 5.82 Å². The highest BCUT2D eigenvalue weighted by Gasteiger charge is 2.19. The van der Waals surface area contributed by atoms with Crippen LogP contribution < -0.4 is 5.32 Å². The molecule has 1 heterocycles. The number of hydrogen-bond donors (Lipinski definition) is 1. The van der Waals surface area contributed by atoms with Crippen LogP contribution in [-0.2, 0) is 11.3 Å². The van der Waals surface area contributed by atoms with Gasteiger partial charge in [-0.3, -0.25) is 9.36 Å². The molecule has 8 heteroatoms. The molecule has 5 nitrogen and oxygen atoms in total. The lowest BCUT2D eigenvalue weighted by atomic mass is 10.2. The first-order chi connectivity index (χ1) is 15.1. The molecule has 1 aromatic heterocycles. The Balaban J connectivity index is 1.52. The second-order valence-electron chi connectivity index (χ2n) is 6.65. The largest absolute Gasteiger partial charge is 0.351 e. The van der Waals surface area contributed by atoms with Crippen LogP contribution >= 0.6 is 23.4 Å². The first-order valence-corrected chi connectivity index (χ1v) is 10.9. The minimum Gasteiger partial charge on any atom is -0.351 e. The third kappa shape index (κ3) is 5.13. The molecule has 0 aliphatic carbocycles. The van der Waals surface area contributed by atoms with Crippen molar-refractivity contribution < 1.29 is 9.18 Å². The van der Waals surface area contributed by atoms with Gasteiger partial charge in [0.15, 0.2) is 11.0 Å². The molecule has 4 rings (SSSR count). The van der Waals surface area contributed by atoms with Gasteiger partial charge in [-0.2, -0.15) is 0 Å². The molecule has 0 atom stereocenters. The maximum Gasteiger partial charge on any atom is 0.230 e. The molecule has 0 bridgehead atoms. The molecule has 0 saturated carbocycles. The topological polar surface area (TPSA) is 59.8 Å². The summed E-state index contributed by atoms with van der Waals surface area (Å²) >= 11 is 7.13. The smallest absolute Gasteiger partial charge is 0.230 e. The van der Waals surface area contributed by atoms with Crippen molar-refractivity contribution in [2.45, 2.75) is 11.7 Å². The highest BCUT2D eigenvalue weighted by Crippen LogP contribution is 2.29. The Labute approximate surface area is 188 Å². The van der Waals surface area contributed by atoms with Crippen molar-refractivity contribution in [1.82, 2.24) is 20.1 Å². The normalized spacial score (nSPS) is 10.8. The predicted molar refractivity (Wildman–Crippen MR) is 121 cm³/mol. The number of carbonyl (C=O) groups excluding carboxylic acids is 1. The Bertz CT molecular complexity index is 1180. The third-order valence-electron chi connectivity index (χ3n) is 4.50. The number of hydrogen-bond acceptors (Lipinski definition) is 4. The van der Waals surface area contributed by atoms with Crippen LogP contribution in [0.2, 0.25) is 5.02 Å². The minimum atomic E-state index is -0.385. The van der Waals surface area contributed by atoms with Gasteiger partial charge in [0.2, 0.25) is 5.91 Å². The molecule has 3 aromatic carbocycles. The fraction of sp³-hybridized carbons (Fsp3) is 0.0870. The summed E-state index contributed by atoms with van der Waals surface area (Å²) in [5.41, 5.74) is 2.09. The lowest BCUT2D eigenvalue weighted by molar-refractivity contribution is -0.118. The van der Waals surface area contributed by atoms with Crippen molar-refractivity contribution in [2.24, 2.45) is 0 Å². The first-order valence-electron chi connectivity index (χ1n) is 9.51. The molecule has 31 heavy (non-hydrogen) atoms. The average Bonchev–Trinajstić information content (AvgIpc) is 3.22. The quantitative estimate of drug-likeness (QED) is 0.395. The van der Waals surface area contributed by atoms with E-state index in [2.05, 4.69) is 15.5 Å². The Morgan fingerprint density at radius 3 is 2.42 bits per heavy atom. The fourth-order valence-electron chi connectivity index (χ4n) is 2.97. The second kappa shape index (κ2) is 9.76. The van der Waals surface area contributed by atoms with Gasteiger partial charge in [0.1, 0.15) is 5.82 Å². The Hall–Kier alpha value is -3.16. The van der Waals surface area contributed by atoms with E-state index < -0.39 is 0 Å². The maximum atomic E-state index is 14.4. The summed E-state index contributed by atoms with van der Waals surface area (Å²) < 4.78 is 16.2. The zero-order chi connectivity index (χ0) is 21.6. The van der Waals surface area contributed by atoms with Crippen LogP contribution in [0.4, 0.5) is 4.39 Å². The number of nitrogens with one attached hydrogen (secondary N) is 1. The van der Waals surface area contributed by atoms with Gasteiger partial charge >= 0.3 is 0 Å². The first kappa shape index (κ1) is 21.1. The van der Waals surface area contributed by atoms with E-state index in [4.69, 9.17) is 11.6 Å². The van der Waals surface area contributed by atoms with Crippen molar-refractivity contribution in [1.29, 1.82) is 0 Å².